The van der Waals surface area contributed by atoms with E-state index < -0.39 is 27.2 Å². The molecule has 2 aromatic rings. The Bertz CT molecular complexity index is 921. The minimum absolute atomic E-state index is 0.169. The molecule has 144 valence electrons. The number of halogens is 1. The van der Waals surface area contributed by atoms with Crippen molar-refractivity contribution in [3.05, 3.63) is 53.6 Å². The Labute approximate surface area is 162 Å². The van der Waals surface area contributed by atoms with Crippen molar-refractivity contribution in [2.24, 2.45) is 5.92 Å². The molecule has 0 saturated carbocycles. The third-order valence-electron chi connectivity index (χ3n) is 4.04. The van der Waals surface area contributed by atoms with Crippen molar-refractivity contribution >= 4 is 38.9 Å². The summed E-state index contributed by atoms with van der Waals surface area (Å²) in [4.78, 5) is 12.6. The molecule has 8 nitrogen and oxygen atoms in total. The van der Waals surface area contributed by atoms with Gasteiger partial charge in [0.2, 0.25) is 5.91 Å². The minimum atomic E-state index is -3.88. The zero-order valence-electron chi connectivity index (χ0n) is 14.4. The molecule has 4 N–H and O–H groups in total. The van der Waals surface area contributed by atoms with E-state index in [0.717, 1.165) is 0 Å². The smallest absolute Gasteiger partial charge is 0.250 e. The molecule has 1 aliphatic rings. The van der Waals surface area contributed by atoms with E-state index in [2.05, 4.69) is 20.9 Å². The summed E-state index contributed by atoms with van der Waals surface area (Å²) < 4.78 is 33.0. The summed E-state index contributed by atoms with van der Waals surface area (Å²) in [6.45, 7) is 0.169. The number of hydrogen-bond donors (Lipinski definition) is 4. The summed E-state index contributed by atoms with van der Waals surface area (Å²) in [5.74, 6) is -0.669. The highest BCUT2D eigenvalue weighted by atomic mass is 35.5. The van der Waals surface area contributed by atoms with E-state index in [9.17, 15) is 13.2 Å². The number of rotatable bonds is 6. The van der Waals surface area contributed by atoms with Crippen molar-refractivity contribution in [1.82, 2.24) is 10.9 Å². The van der Waals surface area contributed by atoms with Gasteiger partial charge in [0, 0.05) is 29.0 Å². The second-order valence-corrected chi connectivity index (χ2v) is 8.17. The van der Waals surface area contributed by atoms with Crippen molar-refractivity contribution in [3.63, 3.8) is 0 Å². The van der Waals surface area contributed by atoms with Gasteiger partial charge in [0.25, 0.3) is 10.0 Å². The molecule has 3 rings (SSSR count). The molecule has 0 aliphatic carbocycles. The van der Waals surface area contributed by atoms with Gasteiger partial charge in [0.05, 0.1) is 13.0 Å². The minimum Gasteiger partial charge on any atom is -0.497 e. The Balaban J connectivity index is 1.73. The van der Waals surface area contributed by atoms with Crippen molar-refractivity contribution in [2.75, 3.05) is 23.7 Å². The topological polar surface area (TPSA) is 109 Å². The van der Waals surface area contributed by atoms with E-state index in [1.165, 1.54) is 7.11 Å². The molecule has 1 heterocycles. The summed E-state index contributed by atoms with van der Waals surface area (Å²) in [5.41, 5.74) is 6.28. The van der Waals surface area contributed by atoms with Crippen molar-refractivity contribution in [3.8, 4) is 5.75 Å². The summed E-state index contributed by atoms with van der Waals surface area (Å²) in [6.07, 6.45) is 0. The molecular formula is C17H19ClN4O4S. The van der Waals surface area contributed by atoms with Crippen molar-refractivity contribution in [2.45, 2.75) is 5.37 Å². The molecular weight excluding hydrogens is 392 g/mol. The van der Waals surface area contributed by atoms with Crippen LogP contribution >= 0.6 is 11.6 Å². The number of carbonyl (C=O) groups excluding carboxylic acids is 1. The molecule has 0 spiro atoms. The molecule has 0 bridgehead atoms. The predicted molar refractivity (Wildman–Crippen MR) is 104 cm³/mol. The molecule has 2 atom stereocenters. The Morgan fingerprint density at radius 1 is 1.19 bits per heavy atom. The average Bonchev–Trinajstić information content (AvgIpc) is 3.15. The number of methoxy groups -OCH3 is 1. The lowest BCUT2D eigenvalue weighted by Gasteiger charge is -2.19. The van der Waals surface area contributed by atoms with Gasteiger partial charge in [0.15, 0.2) is 5.37 Å². The predicted octanol–water partition coefficient (Wildman–Crippen LogP) is 1.78. The molecule has 1 amide bonds. The Kier molecular flexibility index (Phi) is 5.85. The van der Waals surface area contributed by atoms with Crippen LogP contribution < -0.4 is 25.6 Å². The Hall–Kier alpha value is -2.33. The highest BCUT2D eigenvalue weighted by Crippen LogP contribution is 2.22. The summed E-state index contributed by atoms with van der Waals surface area (Å²) in [5, 5.41) is 2.08. The first-order valence-corrected chi connectivity index (χ1v) is 10.0. The highest BCUT2D eigenvalue weighted by molar-refractivity contribution is 7.93. The van der Waals surface area contributed by atoms with Gasteiger partial charge in [-0.1, -0.05) is 17.7 Å². The van der Waals surface area contributed by atoms with E-state index in [4.69, 9.17) is 16.3 Å². The molecule has 2 unspecified atom stereocenters. The van der Waals surface area contributed by atoms with Gasteiger partial charge in [-0.05, 0) is 36.4 Å². The van der Waals surface area contributed by atoms with Gasteiger partial charge in [-0.15, -0.1) is 0 Å². The fourth-order valence-electron chi connectivity index (χ4n) is 2.68. The molecule has 0 radical (unpaired) electrons. The lowest BCUT2D eigenvalue weighted by molar-refractivity contribution is -0.119. The van der Waals surface area contributed by atoms with E-state index >= 15 is 0 Å². The lowest BCUT2D eigenvalue weighted by Crippen LogP contribution is -2.45. The summed E-state index contributed by atoms with van der Waals surface area (Å²) >= 11 is 5.81. The van der Waals surface area contributed by atoms with Crippen LogP contribution in [0.3, 0.4) is 0 Å². The second-order valence-electron chi connectivity index (χ2n) is 5.93. The fourth-order valence-corrected chi connectivity index (χ4v) is 4.29. The zero-order chi connectivity index (χ0) is 19.4. The highest BCUT2D eigenvalue weighted by Gasteiger charge is 2.41. The second kappa shape index (κ2) is 8.13. The Morgan fingerprint density at radius 2 is 1.93 bits per heavy atom. The van der Waals surface area contributed by atoms with E-state index in [-0.39, 0.29) is 6.54 Å². The first-order chi connectivity index (χ1) is 12.9. The van der Waals surface area contributed by atoms with Crippen LogP contribution in [0.15, 0.2) is 48.5 Å². The quantitative estimate of drug-likeness (QED) is 0.578. The number of nitrogens with one attached hydrogen (secondary N) is 4. The number of ether oxygens (including phenoxy) is 1. The van der Waals surface area contributed by atoms with Gasteiger partial charge < -0.3 is 10.1 Å². The largest absolute Gasteiger partial charge is 0.497 e. The number of sulfonamides is 1. The SMILES string of the molecule is COc1cccc(NC(=O)C2CNNC2S(=O)(=O)Nc2ccc(Cl)cc2)c1. The van der Waals surface area contributed by atoms with Gasteiger partial charge in [-0.3, -0.25) is 14.9 Å². The van der Waals surface area contributed by atoms with Crippen LogP contribution in [0.1, 0.15) is 0 Å². The monoisotopic (exact) mass is 410 g/mol. The standard InChI is InChI=1S/C17H19ClN4O4S/c1-26-14-4-2-3-13(9-14)20-16(23)15-10-19-21-17(15)27(24,25)22-12-7-5-11(18)6-8-12/h2-9,15,17,19,21-22H,10H2,1H3,(H,20,23). The molecule has 10 heteroatoms. The fraction of sp³-hybridized carbons (Fsp3) is 0.235. The van der Waals surface area contributed by atoms with Crippen molar-refractivity contribution < 1.29 is 17.9 Å². The van der Waals surface area contributed by atoms with E-state index in [1.807, 2.05) is 0 Å². The van der Waals surface area contributed by atoms with Crippen LogP contribution in [0.2, 0.25) is 5.02 Å². The lowest BCUT2D eigenvalue weighted by atomic mass is 10.1. The number of anilines is 2. The first kappa shape index (κ1) is 19.4. The van der Waals surface area contributed by atoms with Crippen LogP contribution in [-0.2, 0) is 14.8 Å². The molecule has 1 aliphatic heterocycles. The van der Waals surface area contributed by atoms with Gasteiger partial charge >= 0.3 is 0 Å². The van der Waals surface area contributed by atoms with Gasteiger partial charge in [-0.25, -0.2) is 13.8 Å². The zero-order valence-corrected chi connectivity index (χ0v) is 16.0. The van der Waals surface area contributed by atoms with Crippen LogP contribution in [0.4, 0.5) is 11.4 Å². The van der Waals surface area contributed by atoms with Crippen LogP contribution in [-0.4, -0.2) is 33.4 Å². The number of amides is 1. The third kappa shape index (κ3) is 4.69. The Morgan fingerprint density at radius 3 is 2.63 bits per heavy atom. The number of hydrogen-bond acceptors (Lipinski definition) is 6. The number of benzene rings is 2. The molecule has 2 aromatic carbocycles. The molecule has 0 aromatic heterocycles. The average molecular weight is 411 g/mol. The maximum Gasteiger partial charge on any atom is 0.250 e. The normalized spacial score (nSPS) is 19.5. The third-order valence-corrected chi connectivity index (χ3v) is 5.93. The van der Waals surface area contributed by atoms with Crippen LogP contribution in [0.25, 0.3) is 0 Å². The molecule has 1 saturated heterocycles. The van der Waals surface area contributed by atoms with Crippen LogP contribution in [0.5, 0.6) is 5.75 Å². The summed E-state index contributed by atoms with van der Waals surface area (Å²) in [6, 6.07) is 13.1. The van der Waals surface area contributed by atoms with Crippen molar-refractivity contribution in [1.29, 1.82) is 0 Å². The molecule has 1 fully saturated rings. The van der Waals surface area contributed by atoms with Crippen LogP contribution in [0, 0.1) is 5.92 Å². The first-order valence-electron chi connectivity index (χ1n) is 8.09. The van der Waals surface area contributed by atoms with Gasteiger partial charge in [-0.2, -0.15) is 0 Å². The van der Waals surface area contributed by atoms with E-state index in [0.29, 0.717) is 22.1 Å². The van der Waals surface area contributed by atoms with E-state index in [1.54, 1.807) is 48.5 Å². The number of carbonyl (C=O) groups is 1. The maximum absolute atomic E-state index is 12.7. The molecule has 27 heavy (non-hydrogen) atoms. The number of hydrazine groups is 1. The summed E-state index contributed by atoms with van der Waals surface area (Å²) in [7, 11) is -2.35. The van der Waals surface area contributed by atoms with Gasteiger partial charge in [0.1, 0.15) is 5.75 Å². The maximum atomic E-state index is 12.7.